The molecule has 1 aliphatic carbocycles. The zero-order valence-corrected chi connectivity index (χ0v) is 14.0. The molecule has 1 aliphatic rings. The van der Waals surface area contributed by atoms with E-state index in [0.29, 0.717) is 6.04 Å². The zero-order valence-electron chi connectivity index (χ0n) is 13.2. The van der Waals surface area contributed by atoms with E-state index in [1.54, 1.807) is 7.05 Å². The number of sulfonamides is 1. The summed E-state index contributed by atoms with van der Waals surface area (Å²) >= 11 is 0. The Hall–Kier alpha value is -0.910. The van der Waals surface area contributed by atoms with Crippen LogP contribution < -0.4 is 5.32 Å². The van der Waals surface area contributed by atoms with Crippen molar-refractivity contribution in [2.24, 2.45) is 0 Å². The van der Waals surface area contributed by atoms with E-state index in [-0.39, 0.29) is 11.8 Å². The Morgan fingerprint density at radius 1 is 1.24 bits per heavy atom. The molecule has 0 bridgehead atoms. The molecule has 1 aromatic rings. The van der Waals surface area contributed by atoms with Gasteiger partial charge in [0.05, 0.1) is 5.75 Å². The van der Waals surface area contributed by atoms with E-state index in [2.05, 4.69) is 5.32 Å². The van der Waals surface area contributed by atoms with E-state index < -0.39 is 10.0 Å². The molecule has 0 radical (unpaired) electrons. The van der Waals surface area contributed by atoms with Crippen LogP contribution in [0.25, 0.3) is 0 Å². The molecule has 1 aromatic carbocycles. The van der Waals surface area contributed by atoms with Gasteiger partial charge in [0, 0.05) is 25.7 Å². The molecule has 4 nitrogen and oxygen atoms in total. The second-order valence-electron chi connectivity index (χ2n) is 6.00. The summed E-state index contributed by atoms with van der Waals surface area (Å²) in [6.07, 6.45) is 3.37. The number of benzene rings is 1. The highest BCUT2D eigenvalue weighted by Crippen LogP contribution is 2.19. The molecule has 0 aromatic heterocycles. The van der Waals surface area contributed by atoms with Gasteiger partial charge in [-0.2, -0.15) is 0 Å². The van der Waals surface area contributed by atoms with E-state index in [1.165, 1.54) is 22.7 Å². The molecule has 1 saturated carbocycles. The molecule has 2 rings (SSSR count). The lowest BCUT2D eigenvalue weighted by Crippen LogP contribution is -2.35. The first-order chi connectivity index (χ1) is 9.92. The molecular formula is C16H26N2O2S. The minimum Gasteiger partial charge on any atom is -0.310 e. The smallest absolute Gasteiger partial charge is 0.218 e. The Morgan fingerprint density at radius 3 is 2.33 bits per heavy atom. The Morgan fingerprint density at radius 2 is 1.81 bits per heavy atom. The fraction of sp³-hybridized carbons (Fsp3) is 0.625. The normalized spacial score (nSPS) is 17.1. The maximum absolute atomic E-state index is 12.3. The molecule has 1 fully saturated rings. The standard InChI is InChI=1S/C16H26N2O2S/c1-4-13(2)18(3)21(19,20)12-15-7-5-14(6-8-15)11-17-16-9-10-16/h5-8,13,16-17H,4,9-12H2,1-3H3. The van der Waals surface area contributed by atoms with Gasteiger partial charge < -0.3 is 5.32 Å². The van der Waals surface area contributed by atoms with Crippen LogP contribution in [0, 0.1) is 0 Å². The monoisotopic (exact) mass is 310 g/mol. The van der Waals surface area contributed by atoms with Crippen LogP contribution in [0.4, 0.5) is 0 Å². The lowest BCUT2D eigenvalue weighted by molar-refractivity contribution is 0.380. The number of nitrogens with zero attached hydrogens (tertiary/aromatic N) is 1. The molecule has 0 spiro atoms. The molecule has 1 unspecified atom stereocenters. The summed E-state index contributed by atoms with van der Waals surface area (Å²) in [5.74, 6) is 0.0736. The van der Waals surface area contributed by atoms with Gasteiger partial charge in [-0.15, -0.1) is 0 Å². The van der Waals surface area contributed by atoms with Crippen molar-refractivity contribution >= 4 is 10.0 Å². The molecule has 5 heteroatoms. The van der Waals surface area contributed by atoms with Gasteiger partial charge in [-0.1, -0.05) is 31.2 Å². The van der Waals surface area contributed by atoms with E-state index in [4.69, 9.17) is 0 Å². The molecule has 0 saturated heterocycles. The topological polar surface area (TPSA) is 49.4 Å². The van der Waals surface area contributed by atoms with Crippen molar-refractivity contribution in [3.63, 3.8) is 0 Å². The fourth-order valence-electron chi connectivity index (χ4n) is 2.15. The van der Waals surface area contributed by atoms with Gasteiger partial charge >= 0.3 is 0 Å². The average Bonchev–Trinajstić information content (AvgIpc) is 3.28. The predicted octanol–water partition coefficient (Wildman–Crippen LogP) is 2.50. The van der Waals surface area contributed by atoms with Gasteiger partial charge in [0.25, 0.3) is 0 Å². The Kier molecular flexibility index (Phi) is 5.41. The van der Waals surface area contributed by atoms with Crippen molar-refractivity contribution < 1.29 is 8.42 Å². The number of hydrogen-bond donors (Lipinski definition) is 1. The number of rotatable bonds is 8. The molecule has 0 heterocycles. The summed E-state index contributed by atoms with van der Waals surface area (Å²) in [7, 11) is -1.57. The van der Waals surface area contributed by atoms with Gasteiger partial charge in [-0.25, -0.2) is 12.7 Å². The lowest BCUT2D eigenvalue weighted by Gasteiger charge is -2.23. The van der Waals surface area contributed by atoms with Crippen molar-refractivity contribution in [2.45, 2.75) is 57.5 Å². The minimum absolute atomic E-state index is 0.0389. The van der Waals surface area contributed by atoms with Crippen LogP contribution in [-0.2, 0) is 22.3 Å². The molecule has 21 heavy (non-hydrogen) atoms. The predicted molar refractivity (Wildman–Crippen MR) is 86.4 cm³/mol. The van der Waals surface area contributed by atoms with Gasteiger partial charge in [0.1, 0.15) is 0 Å². The van der Waals surface area contributed by atoms with Crippen LogP contribution in [0.1, 0.15) is 44.2 Å². The summed E-state index contributed by atoms with van der Waals surface area (Å²) in [6, 6.07) is 8.61. The Balaban J connectivity index is 1.95. The third-order valence-corrected chi connectivity index (χ3v) is 6.13. The molecule has 1 atom stereocenters. The van der Waals surface area contributed by atoms with E-state index in [1.807, 2.05) is 38.1 Å². The van der Waals surface area contributed by atoms with Crippen molar-refractivity contribution in [3.05, 3.63) is 35.4 Å². The highest BCUT2D eigenvalue weighted by Gasteiger charge is 2.22. The van der Waals surface area contributed by atoms with Gasteiger partial charge in [-0.05, 0) is 37.3 Å². The van der Waals surface area contributed by atoms with Crippen molar-refractivity contribution in [2.75, 3.05) is 7.05 Å². The van der Waals surface area contributed by atoms with Crippen LogP contribution in [-0.4, -0.2) is 31.9 Å². The van der Waals surface area contributed by atoms with Gasteiger partial charge in [0.15, 0.2) is 0 Å². The van der Waals surface area contributed by atoms with E-state index in [0.717, 1.165) is 18.5 Å². The van der Waals surface area contributed by atoms with Crippen molar-refractivity contribution in [3.8, 4) is 0 Å². The van der Waals surface area contributed by atoms with Crippen molar-refractivity contribution in [1.82, 2.24) is 9.62 Å². The largest absolute Gasteiger partial charge is 0.310 e. The van der Waals surface area contributed by atoms with Crippen LogP contribution in [0.15, 0.2) is 24.3 Å². The number of nitrogens with one attached hydrogen (secondary N) is 1. The highest BCUT2D eigenvalue weighted by molar-refractivity contribution is 7.88. The fourth-order valence-corrected chi connectivity index (χ4v) is 3.66. The SMILES string of the molecule is CCC(C)N(C)S(=O)(=O)Cc1ccc(CNC2CC2)cc1. The van der Waals surface area contributed by atoms with E-state index in [9.17, 15) is 8.42 Å². The summed E-state index contributed by atoms with van der Waals surface area (Å²) in [6.45, 7) is 4.80. The van der Waals surface area contributed by atoms with Crippen LogP contribution in [0.3, 0.4) is 0 Å². The first-order valence-corrected chi connectivity index (χ1v) is 9.30. The summed E-state index contributed by atoms with van der Waals surface area (Å²) in [5.41, 5.74) is 2.05. The molecule has 1 N–H and O–H groups in total. The van der Waals surface area contributed by atoms with Crippen LogP contribution in [0.5, 0.6) is 0 Å². The van der Waals surface area contributed by atoms with Crippen LogP contribution >= 0.6 is 0 Å². The third-order valence-electron chi connectivity index (χ3n) is 4.19. The summed E-state index contributed by atoms with van der Waals surface area (Å²) < 4.78 is 26.1. The summed E-state index contributed by atoms with van der Waals surface area (Å²) in [4.78, 5) is 0. The van der Waals surface area contributed by atoms with Gasteiger partial charge in [-0.3, -0.25) is 0 Å². The molecule has 0 amide bonds. The quantitative estimate of drug-likeness (QED) is 0.802. The minimum atomic E-state index is -3.24. The maximum atomic E-state index is 12.3. The van der Waals surface area contributed by atoms with Crippen LogP contribution in [0.2, 0.25) is 0 Å². The first kappa shape index (κ1) is 16.5. The molecular weight excluding hydrogens is 284 g/mol. The number of hydrogen-bond acceptors (Lipinski definition) is 3. The second kappa shape index (κ2) is 6.90. The Bertz CT molecular complexity index is 550. The summed E-state index contributed by atoms with van der Waals surface area (Å²) in [5, 5.41) is 3.45. The van der Waals surface area contributed by atoms with Gasteiger partial charge in [0.2, 0.25) is 10.0 Å². The Labute approximate surface area is 128 Å². The highest BCUT2D eigenvalue weighted by atomic mass is 32.2. The third kappa shape index (κ3) is 4.80. The maximum Gasteiger partial charge on any atom is 0.218 e. The zero-order chi connectivity index (χ0) is 15.5. The van der Waals surface area contributed by atoms with E-state index >= 15 is 0 Å². The molecule has 118 valence electrons. The molecule has 0 aliphatic heterocycles. The lowest BCUT2D eigenvalue weighted by atomic mass is 10.1. The second-order valence-corrected chi connectivity index (χ2v) is 8.03. The average molecular weight is 310 g/mol. The first-order valence-electron chi connectivity index (χ1n) is 7.69. The van der Waals surface area contributed by atoms with Crippen molar-refractivity contribution in [1.29, 1.82) is 0 Å².